The molecule has 0 aliphatic rings. The molecule has 0 aromatic heterocycles. The van der Waals surface area contributed by atoms with Crippen LogP contribution in [0, 0.1) is 0 Å². The van der Waals surface area contributed by atoms with Gasteiger partial charge < -0.3 is 0 Å². The van der Waals surface area contributed by atoms with Crippen LogP contribution in [0.2, 0.25) is 0 Å². The fourth-order valence-corrected chi connectivity index (χ4v) is 0.833. The highest BCUT2D eigenvalue weighted by Crippen LogP contribution is 2.23. The summed E-state index contributed by atoms with van der Waals surface area (Å²) in [7, 11) is 0. The molecule has 0 aliphatic heterocycles. The summed E-state index contributed by atoms with van der Waals surface area (Å²) in [5, 5.41) is 1.95. The van der Waals surface area contributed by atoms with E-state index in [1.165, 1.54) is 0 Å². The Morgan fingerprint density at radius 1 is 1.44 bits per heavy atom. The molecule has 0 amide bonds. The zero-order valence-electron chi connectivity index (χ0n) is 6.22. The Labute approximate surface area is 61.3 Å². The van der Waals surface area contributed by atoms with Crippen molar-refractivity contribution in [2.75, 3.05) is 0 Å². The van der Waals surface area contributed by atoms with Crippen molar-refractivity contribution in [3.05, 3.63) is 11.6 Å². The van der Waals surface area contributed by atoms with Gasteiger partial charge in [0.1, 0.15) is 0 Å². The van der Waals surface area contributed by atoms with E-state index in [0.29, 0.717) is 4.75 Å². The third kappa shape index (κ3) is 7.76. The maximum Gasteiger partial charge on any atom is 0.0323 e. The summed E-state index contributed by atoms with van der Waals surface area (Å²) in [5.74, 6) is 0. The van der Waals surface area contributed by atoms with Gasteiger partial charge in [-0.15, -0.1) is 11.8 Å². The first-order valence-electron chi connectivity index (χ1n) is 2.85. The van der Waals surface area contributed by atoms with Crippen LogP contribution in [0.3, 0.4) is 0 Å². The van der Waals surface area contributed by atoms with Crippen molar-refractivity contribution in [3.8, 4) is 0 Å². The second-order valence-electron chi connectivity index (χ2n) is 2.70. The largest absolute Gasteiger partial charge is 0.272 e. The van der Waals surface area contributed by atoms with Crippen molar-refractivity contribution in [2.24, 2.45) is 4.99 Å². The number of hydrogen-bond acceptors (Lipinski definition) is 2. The molecule has 0 spiro atoms. The molecule has 0 fully saturated rings. The van der Waals surface area contributed by atoms with Gasteiger partial charge in [0.15, 0.2) is 0 Å². The van der Waals surface area contributed by atoms with E-state index in [-0.39, 0.29) is 0 Å². The zero-order chi connectivity index (χ0) is 7.33. The van der Waals surface area contributed by atoms with Crippen LogP contribution in [0.5, 0.6) is 0 Å². The molecular weight excluding hydrogens is 130 g/mol. The monoisotopic (exact) mass is 143 g/mol. The van der Waals surface area contributed by atoms with E-state index in [1.807, 2.05) is 5.41 Å². The van der Waals surface area contributed by atoms with Gasteiger partial charge in [0.05, 0.1) is 0 Å². The number of hydrogen-bond donors (Lipinski definition) is 0. The Kier molecular flexibility index (Phi) is 3.62. The smallest absolute Gasteiger partial charge is 0.0323 e. The van der Waals surface area contributed by atoms with Gasteiger partial charge >= 0.3 is 0 Å². The summed E-state index contributed by atoms with van der Waals surface area (Å²) in [4.78, 5) is 3.59. The lowest BCUT2D eigenvalue weighted by Gasteiger charge is -2.13. The van der Waals surface area contributed by atoms with Gasteiger partial charge in [0.25, 0.3) is 0 Å². The minimum absolute atomic E-state index is 0.293. The topological polar surface area (TPSA) is 12.4 Å². The van der Waals surface area contributed by atoms with Crippen LogP contribution in [-0.2, 0) is 0 Å². The fourth-order valence-electron chi connectivity index (χ4n) is 0.278. The molecule has 0 unspecified atom stereocenters. The van der Waals surface area contributed by atoms with Gasteiger partial charge in [-0.25, -0.2) is 0 Å². The van der Waals surface area contributed by atoms with Gasteiger partial charge in [-0.05, 0) is 12.1 Å². The van der Waals surface area contributed by atoms with Gasteiger partial charge in [-0.1, -0.05) is 20.8 Å². The molecule has 0 aromatic rings. The van der Waals surface area contributed by atoms with E-state index in [2.05, 4.69) is 32.5 Å². The zero-order valence-corrected chi connectivity index (χ0v) is 7.03. The normalized spacial score (nSPS) is 12.3. The first kappa shape index (κ1) is 8.76. The Balaban J connectivity index is 3.50. The Morgan fingerprint density at radius 2 is 2.00 bits per heavy atom. The molecule has 0 aromatic carbocycles. The molecule has 0 saturated carbocycles. The van der Waals surface area contributed by atoms with Crippen LogP contribution in [0.15, 0.2) is 16.6 Å². The van der Waals surface area contributed by atoms with E-state index < -0.39 is 0 Å². The minimum atomic E-state index is 0.293. The van der Waals surface area contributed by atoms with E-state index in [0.717, 1.165) is 0 Å². The summed E-state index contributed by atoms with van der Waals surface area (Å²) in [6.07, 6.45) is 1.70. The molecule has 0 heterocycles. The number of aliphatic imine (C=N–C) groups is 1. The third-order valence-corrected chi connectivity index (χ3v) is 1.55. The molecule has 0 atom stereocenters. The minimum Gasteiger partial charge on any atom is -0.272 e. The van der Waals surface area contributed by atoms with Crippen LogP contribution < -0.4 is 0 Å². The van der Waals surface area contributed by atoms with Crippen molar-refractivity contribution in [1.29, 1.82) is 0 Å². The third-order valence-electron chi connectivity index (χ3n) is 0.588. The van der Waals surface area contributed by atoms with Crippen molar-refractivity contribution in [2.45, 2.75) is 25.5 Å². The summed E-state index contributed by atoms with van der Waals surface area (Å²) in [6.45, 7) is 9.80. The molecule has 0 N–H and O–H groups in total. The number of nitrogens with zero attached hydrogens (tertiary/aromatic N) is 1. The average Bonchev–Trinajstić information content (AvgIpc) is 1.63. The van der Waals surface area contributed by atoms with Crippen LogP contribution in [-0.4, -0.2) is 11.5 Å². The number of rotatable bonds is 2. The molecule has 0 rings (SSSR count). The van der Waals surface area contributed by atoms with Crippen LogP contribution in [0.1, 0.15) is 20.8 Å². The van der Waals surface area contributed by atoms with Crippen LogP contribution in [0.25, 0.3) is 0 Å². The quantitative estimate of drug-likeness (QED) is 0.541. The average molecular weight is 143 g/mol. The van der Waals surface area contributed by atoms with Crippen LogP contribution >= 0.6 is 11.8 Å². The Bertz CT molecular complexity index is 111. The summed E-state index contributed by atoms with van der Waals surface area (Å²) < 4.78 is 0.293. The predicted molar refractivity (Wildman–Crippen MR) is 46.0 cm³/mol. The number of thioether (sulfide) groups is 1. The molecular formula is C7H13NS. The highest BCUT2D eigenvalue weighted by Gasteiger charge is 2.06. The lowest BCUT2D eigenvalue weighted by molar-refractivity contribution is 0.807. The molecule has 52 valence electrons. The van der Waals surface area contributed by atoms with Crippen molar-refractivity contribution < 1.29 is 0 Å². The van der Waals surface area contributed by atoms with Crippen LogP contribution in [0.4, 0.5) is 0 Å². The van der Waals surface area contributed by atoms with Crippen molar-refractivity contribution >= 4 is 18.5 Å². The van der Waals surface area contributed by atoms with Gasteiger partial charge in [-0.2, -0.15) is 0 Å². The molecule has 0 saturated heterocycles. The fraction of sp³-hybridized carbons (Fsp3) is 0.571. The molecule has 9 heavy (non-hydrogen) atoms. The van der Waals surface area contributed by atoms with Gasteiger partial charge in [0.2, 0.25) is 0 Å². The van der Waals surface area contributed by atoms with E-state index >= 15 is 0 Å². The molecule has 1 nitrogen and oxygen atoms in total. The van der Waals surface area contributed by atoms with E-state index in [1.54, 1.807) is 18.0 Å². The summed E-state index contributed by atoms with van der Waals surface area (Å²) in [6, 6.07) is 0. The maximum atomic E-state index is 3.59. The summed E-state index contributed by atoms with van der Waals surface area (Å²) in [5.41, 5.74) is 0. The first-order valence-corrected chi connectivity index (χ1v) is 3.73. The Hall–Kier alpha value is -0.240. The van der Waals surface area contributed by atoms with Crippen molar-refractivity contribution in [3.63, 3.8) is 0 Å². The molecule has 0 aliphatic carbocycles. The van der Waals surface area contributed by atoms with Gasteiger partial charge in [-0.3, -0.25) is 4.99 Å². The van der Waals surface area contributed by atoms with E-state index in [9.17, 15) is 0 Å². The highest BCUT2D eigenvalue weighted by molar-refractivity contribution is 8.03. The summed E-state index contributed by atoms with van der Waals surface area (Å²) >= 11 is 1.74. The highest BCUT2D eigenvalue weighted by atomic mass is 32.2. The van der Waals surface area contributed by atoms with Crippen molar-refractivity contribution in [1.82, 2.24) is 0 Å². The first-order chi connectivity index (χ1) is 4.06. The Morgan fingerprint density at radius 3 is 2.33 bits per heavy atom. The van der Waals surface area contributed by atoms with Gasteiger partial charge in [0, 0.05) is 10.9 Å². The lowest BCUT2D eigenvalue weighted by atomic mass is 10.3. The second-order valence-corrected chi connectivity index (χ2v) is 4.43. The molecule has 2 heteroatoms. The molecule has 0 radical (unpaired) electrons. The SMILES string of the molecule is C=N/C=C\SC(C)(C)C. The predicted octanol–water partition coefficient (Wildman–Crippen LogP) is 2.69. The maximum absolute atomic E-state index is 3.59. The van der Waals surface area contributed by atoms with E-state index in [4.69, 9.17) is 0 Å². The standard InChI is InChI=1S/C7H13NS/c1-7(2,3)9-6-5-8-4/h5-6H,4H2,1-3H3/b6-5-. The molecule has 0 bridgehead atoms. The lowest BCUT2D eigenvalue weighted by Crippen LogP contribution is -2.04. The second kappa shape index (κ2) is 3.72.